The first-order chi connectivity index (χ1) is 8.66. The molecule has 18 heavy (non-hydrogen) atoms. The third kappa shape index (κ3) is 2.20. The second-order valence-corrected chi connectivity index (χ2v) is 6.90. The summed E-state index contributed by atoms with van der Waals surface area (Å²) in [4.78, 5) is 16.8. The lowest BCUT2D eigenvalue weighted by Crippen LogP contribution is -2.35. The molecule has 1 amide bonds. The van der Waals surface area contributed by atoms with E-state index in [-0.39, 0.29) is 5.91 Å². The number of fused-ring (bicyclic) bond motifs is 1. The summed E-state index contributed by atoms with van der Waals surface area (Å²) < 4.78 is 0. The number of hydrogen-bond donors (Lipinski definition) is 0. The van der Waals surface area contributed by atoms with E-state index in [4.69, 9.17) is 0 Å². The predicted octanol–water partition coefficient (Wildman–Crippen LogP) is 3.50. The molecule has 98 valence electrons. The van der Waals surface area contributed by atoms with Crippen molar-refractivity contribution in [3.8, 4) is 0 Å². The number of nitrogens with zero attached hydrogens (tertiary/aromatic N) is 1. The maximum atomic E-state index is 12.5. The van der Waals surface area contributed by atoms with Crippen molar-refractivity contribution in [1.29, 1.82) is 0 Å². The van der Waals surface area contributed by atoms with Gasteiger partial charge >= 0.3 is 0 Å². The van der Waals surface area contributed by atoms with Crippen LogP contribution in [0.2, 0.25) is 0 Å². The van der Waals surface area contributed by atoms with Gasteiger partial charge in [-0.25, -0.2) is 0 Å². The highest BCUT2D eigenvalue weighted by atomic mass is 32.1. The van der Waals surface area contributed by atoms with Crippen LogP contribution in [0.25, 0.3) is 0 Å². The van der Waals surface area contributed by atoms with Crippen molar-refractivity contribution in [3.63, 3.8) is 0 Å². The molecule has 0 radical (unpaired) electrons. The number of carbonyl (C=O) groups excluding carboxylic acids is 1. The third-order valence-electron chi connectivity index (χ3n) is 4.44. The first-order valence-electron chi connectivity index (χ1n) is 7.05. The van der Waals surface area contributed by atoms with Gasteiger partial charge in [-0.3, -0.25) is 4.79 Å². The van der Waals surface area contributed by atoms with Gasteiger partial charge in [-0.15, -0.1) is 11.3 Å². The summed E-state index contributed by atoms with van der Waals surface area (Å²) >= 11 is 1.73. The van der Waals surface area contributed by atoms with Gasteiger partial charge in [0.05, 0.1) is 4.88 Å². The van der Waals surface area contributed by atoms with E-state index in [1.165, 1.54) is 49.0 Å². The van der Waals surface area contributed by atoms with Crippen LogP contribution in [0.4, 0.5) is 0 Å². The molecule has 1 fully saturated rings. The summed E-state index contributed by atoms with van der Waals surface area (Å²) in [5, 5.41) is 0. The highest BCUT2D eigenvalue weighted by molar-refractivity contribution is 7.14. The van der Waals surface area contributed by atoms with Crippen LogP contribution < -0.4 is 0 Å². The van der Waals surface area contributed by atoms with Crippen molar-refractivity contribution in [2.45, 2.75) is 51.5 Å². The maximum absolute atomic E-state index is 12.5. The van der Waals surface area contributed by atoms with Crippen molar-refractivity contribution in [1.82, 2.24) is 4.90 Å². The van der Waals surface area contributed by atoms with Gasteiger partial charge in [0.1, 0.15) is 0 Å². The first-order valence-corrected chi connectivity index (χ1v) is 7.87. The van der Waals surface area contributed by atoms with Gasteiger partial charge < -0.3 is 4.90 Å². The standard InChI is InChI=1S/C15H21NOS/c1-10(11-7-8-11)16(2)15(17)14-9-12-5-3-4-6-13(12)18-14/h9-11H,3-8H2,1-2H3. The summed E-state index contributed by atoms with van der Waals surface area (Å²) in [7, 11) is 1.96. The zero-order chi connectivity index (χ0) is 12.7. The molecule has 2 aliphatic carbocycles. The molecular formula is C15H21NOS. The van der Waals surface area contributed by atoms with Gasteiger partial charge in [-0.1, -0.05) is 0 Å². The van der Waals surface area contributed by atoms with E-state index in [9.17, 15) is 4.79 Å². The monoisotopic (exact) mass is 263 g/mol. The van der Waals surface area contributed by atoms with E-state index in [2.05, 4.69) is 13.0 Å². The Morgan fingerprint density at radius 2 is 2.11 bits per heavy atom. The topological polar surface area (TPSA) is 20.3 Å². The maximum Gasteiger partial charge on any atom is 0.263 e. The van der Waals surface area contributed by atoms with E-state index < -0.39 is 0 Å². The highest BCUT2D eigenvalue weighted by Crippen LogP contribution is 2.36. The molecule has 1 aromatic rings. The number of amides is 1. The Hall–Kier alpha value is -0.830. The SMILES string of the molecule is CC(C1CC1)N(C)C(=O)c1cc2c(s1)CCCC2. The summed E-state index contributed by atoms with van der Waals surface area (Å²) in [6, 6.07) is 2.55. The van der Waals surface area contributed by atoms with Crippen LogP contribution in [0.3, 0.4) is 0 Å². The van der Waals surface area contributed by atoms with Gasteiger partial charge in [0.2, 0.25) is 0 Å². The molecule has 0 spiro atoms. The molecular weight excluding hydrogens is 242 g/mol. The molecule has 1 atom stereocenters. The van der Waals surface area contributed by atoms with E-state index in [1.54, 1.807) is 11.3 Å². The summed E-state index contributed by atoms with van der Waals surface area (Å²) in [5.74, 6) is 0.974. The van der Waals surface area contributed by atoms with Crippen LogP contribution >= 0.6 is 11.3 Å². The molecule has 1 aromatic heterocycles. The zero-order valence-corrected chi connectivity index (χ0v) is 12.1. The number of hydrogen-bond acceptors (Lipinski definition) is 2. The predicted molar refractivity (Wildman–Crippen MR) is 75.2 cm³/mol. The fourth-order valence-corrected chi connectivity index (χ4v) is 4.09. The molecule has 0 N–H and O–H groups in total. The van der Waals surface area contributed by atoms with Crippen molar-refractivity contribution >= 4 is 17.2 Å². The smallest absolute Gasteiger partial charge is 0.263 e. The number of rotatable bonds is 3. The van der Waals surface area contributed by atoms with E-state index >= 15 is 0 Å². The lowest BCUT2D eigenvalue weighted by atomic mass is 9.99. The first kappa shape index (κ1) is 12.2. The van der Waals surface area contributed by atoms with Gasteiger partial charge in [0, 0.05) is 18.0 Å². The summed E-state index contributed by atoms with van der Waals surface area (Å²) in [5.41, 5.74) is 1.43. The molecule has 1 saturated carbocycles. The Bertz CT molecular complexity index is 438. The highest BCUT2D eigenvalue weighted by Gasteiger charge is 2.33. The lowest BCUT2D eigenvalue weighted by molar-refractivity contribution is 0.0732. The Kier molecular flexibility index (Phi) is 3.18. The quantitative estimate of drug-likeness (QED) is 0.817. The van der Waals surface area contributed by atoms with E-state index in [0.717, 1.165) is 10.8 Å². The van der Waals surface area contributed by atoms with E-state index in [1.807, 2.05) is 11.9 Å². The fourth-order valence-electron chi connectivity index (χ4n) is 2.85. The van der Waals surface area contributed by atoms with Crippen LogP contribution in [-0.4, -0.2) is 23.9 Å². The van der Waals surface area contributed by atoms with Crippen molar-refractivity contribution in [3.05, 3.63) is 21.4 Å². The van der Waals surface area contributed by atoms with Crippen LogP contribution in [0.5, 0.6) is 0 Å². The van der Waals surface area contributed by atoms with E-state index in [0.29, 0.717) is 6.04 Å². The van der Waals surface area contributed by atoms with Crippen molar-refractivity contribution in [2.24, 2.45) is 5.92 Å². The zero-order valence-electron chi connectivity index (χ0n) is 11.2. The van der Waals surface area contributed by atoms with Crippen LogP contribution in [0.1, 0.15) is 52.7 Å². The molecule has 3 rings (SSSR count). The van der Waals surface area contributed by atoms with Gasteiger partial charge in [-0.2, -0.15) is 0 Å². The molecule has 1 unspecified atom stereocenters. The Morgan fingerprint density at radius 1 is 1.39 bits per heavy atom. The molecule has 2 nitrogen and oxygen atoms in total. The average molecular weight is 263 g/mol. The average Bonchev–Trinajstić information content (AvgIpc) is 3.14. The Balaban J connectivity index is 1.76. The Labute approximate surface area is 113 Å². The largest absolute Gasteiger partial charge is 0.338 e. The molecule has 0 saturated heterocycles. The second kappa shape index (κ2) is 4.69. The summed E-state index contributed by atoms with van der Waals surface area (Å²) in [6.07, 6.45) is 7.50. The lowest BCUT2D eigenvalue weighted by Gasteiger charge is -2.24. The minimum absolute atomic E-state index is 0.230. The molecule has 1 heterocycles. The van der Waals surface area contributed by atoms with Gasteiger partial charge in [0.25, 0.3) is 5.91 Å². The molecule has 3 heteroatoms. The normalized spacial score (nSPS) is 20.3. The van der Waals surface area contributed by atoms with Crippen LogP contribution in [-0.2, 0) is 12.8 Å². The fraction of sp³-hybridized carbons (Fsp3) is 0.667. The Morgan fingerprint density at radius 3 is 2.78 bits per heavy atom. The molecule has 2 aliphatic rings. The summed E-state index contributed by atoms with van der Waals surface area (Å²) in [6.45, 7) is 2.18. The number of aryl methyl sites for hydroxylation is 2. The van der Waals surface area contributed by atoms with Crippen LogP contribution in [0.15, 0.2) is 6.07 Å². The molecule has 0 aromatic carbocycles. The third-order valence-corrected chi connectivity index (χ3v) is 5.67. The van der Waals surface area contributed by atoms with Gasteiger partial charge in [-0.05, 0) is 63.0 Å². The molecule has 0 bridgehead atoms. The minimum atomic E-state index is 0.230. The molecule has 0 aliphatic heterocycles. The minimum Gasteiger partial charge on any atom is -0.338 e. The van der Waals surface area contributed by atoms with Gasteiger partial charge in [0.15, 0.2) is 0 Å². The van der Waals surface area contributed by atoms with Crippen molar-refractivity contribution < 1.29 is 4.79 Å². The number of carbonyl (C=O) groups is 1. The van der Waals surface area contributed by atoms with Crippen molar-refractivity contribution in [2.75, 3.05) is 7.05 Å². The second-order valence-electron chi connectivity index (χ2n) is 5.76. The van der Waals surface area contributed by atoms with Crippen LogP contribution in [0, 0.1) is 5.92 Å². The number of thiophene rings is 1.